The van der Waals surface area contributed by atoms with Gasteiger partial charge in [0.15, 0.2) is 0 Å². The maximum absolute atomic E-state index is 13.3. The van der Waals surface area contributed by atoms with E-state index in [4.69, 9.17) is 4.74 Å². The van der Waals surface area contributed by atoms with Crippen LogP contribution in [0.25, 0.3) is 11.3 Å². The molecule has 0 spiro atoms. The second-order valence-corrected chi connectivity index (χ2v) is 6.77. The Hall–Kier alpha value is -2.52. The number of nitrogens with one attached hydrogen (secondary N) is 1. The Labute approximate surface area is 141 Å². The van der Waals surface area contributed by atoms with E-state index in [1.807, 2.05) is 0 Å². The fraction of sp³-hybridized carbons (Fsp3) is 0.533. The Kier molecular flexibility index (Phi) is 4.00. The van der Waals surface area contributed by atoms with Crippen LogP contribution >= 0.6 is 0 Å². The van der Waals surface area contributed by atoms with Gasteiger partial charge in [0.1, 0.15) is 5.60 Å². The maximum atomic E-state index is 13.3. The van der Waals surface area contributed by atoms with Gasteiger partial charge in [0.05, 0.1) is 24.1 Å². The van der Waals surface area contributed by atoms with E-state index in [1.54, 1.807) is 20.8 Å². The molecule has 0 radical (unpaired) electrons. The van der Waals surface area contributed by atoms with Gasteiger partial charge >= 0.3 is 12.3 Å². The van der Waals surface area contributed by atoms with Crippen LogP contribution in [0.15, 0.2) is 12.4 Å². The molecule has 0 bridgehead atoms. The highest BCUT2D eigenvalue weighted by Gasteiger charge is 2.41. The number of nitrogens with zero attached hydrogens (tertiary/aromatic N) is 4. The molecule has 7 nitrogen and oxygen atoms in total. The molecule has 2 aromatic heterocycles. The molecule has 0 saturated heterocycles. The molecule has 25 heavy (non-hydrogen) atoms. The molecule has 136 valence electrons. The van der Waals surface area contributed by atoms with Gasteiger partial charge in [-0.3, -0.25) is 5.10 Å². The molecule has 2 aromatic rings. The average Bonchev–Trinajstić information content (AvgIpc) is 3.11. The summed E-state index contributed by atoms with van der Waals surface area (Å²) >= 11 is 0. The summed E-state index contributed by atoms with van der Waals surface area (Å²) in [7, 11) is 0. The lowest BCUT2D eigenvalue weighted by atomic mass is 10.1. The van der Waals surface area contributed by atoms with Crippen molar-refractivity contribution in [2.24, 2.45) is 0 Å². The highest BCUT2D eigenvalue weighted by atomic mass is 19.4. The molecule has 0 unspecified atom stereocenters. The van der Waals surface area contributed by atoms with E-state index in [2.05, 4.69) is 15.2 Å². The van der Waals surface area contributed by atoms with Gasteiger partial charge in [-0.2, -0.15) is 18.3 Å². The number of amides is 1. The maximum Gasteiger partial charge on any atom is 0.449 e. The van der Waals surface area contributed by atoms with Crippen LogP contribution in [0.1, 0.15) is 32.3 Å². The van der Waals surface area contributed by atoms with E-state index in [0.717, 1.165) is 4.57 Å². The number of hydrogen-bond donors (Lipinski definition) is 1. The third-order valence-corrected chi connectivity index (χ3v) is 3.68. The minimum absolute atomic E-state index is 0.00568. The summed E-state index contributed by atoms with van der Waals surface area (Å²) in [4.78, 5) is 17.4. The largest absolute Gasteiger partial charge is 0.449 e. The van der Waals surface area contributed by atoms with E-state index in [-0.39, 0.29) is 25.3 Å². The van der Waals surface area contributed by atoms with Gasteiger partial charge in [-0.05, 0) is 20.8 Å². The zero-order valence-corrected chi connectivity index (χ0v) is 14.0. The van der Waals surface area contributed by atoms with Crippen molar-refractivity contribution in [2.45, 2.75) is 45.6 Å². The van der Waals surface area contributed by atoms with Crippen LogP contribution in [0, 0.1) is 0 Å². The molecule has 1 aliphatic heterocycles. The van der Waals surface area contributed by atoms with Crippen LogP contribution in [0.3, 0.4) is 0 Å². The number of ether oxygens (including phenoxy) is 1. The lowest BCUT2D eigenvalue weighted by Gasteiger charge is -2.31. The molecule has 1 aliphatic rings. The van der Waals surface area contributed by atoms with E-state index in [9.17, 15) is 18.0 Å². The first-order valence-corrected chi connectivity index (χ1v) is 7.70. The third-order valence-electron chi connectivity index (χ3n) is 3.68. The van der Waals surface area contributed by atoms with Crippen LogP contribution in [0.4, 0.5) is 18.0 Å². The third kappa shape index (κ3) is 3.47. The highest BCUT2D eigenvalue weighted by molar-refractivity contribution is 5.69. The van der Waals surface area contributed by atoms with Crippen molar-refractivity contribution in [3.05, 3.63) is 23.9 Å². The quantitative estimate of drug-likeness (QED) is 0.851. The Morgan fingerprint density at radius 1 is 1.28 bits per heavy atom. The second kappa shape index (κ2) is 5.78. The van der Waals surface area contributed by atoms with Gasteiger partial charge < -0.3 is 14.2 Å². The van der Waals surface area contributed by atoms with Gasteiger partial charge in [0.2, 0.25) is 5.82 Å². The van der Waals surface area contributed by atoms with Crippen molar-refractivity contribution in [1.29, 1.82) is 0 Å². The first-order valence-electron chi connectivity index (χ1n) is 7.70. The number of fused-ring (bicyclic) bond motifs is 1. The number of carbonyl (C=O) groups excluding carboxylic acids is 1. The van der Waals surface area contributed by atoms with Crippen molar-refractivity contribution in [1.82, 2.24) is 24.6 Å². The molecule has 0 atom stereocenters. The van der Waals surface area contributed by atoms with Crippen LogP contribution in [-0.2, 0) is 24.0 Å². The van der Waals surface area contributed by atoms with Crippen molar-refractivity contribution in [2.75, 3.05) is 6.54 Å². The predicted octanol–water partition coefficient (Wildman–Crippen LogP) is 3.04. The Morgan fingerprint density at radius 3 is 2.56 bits per heavy atom. The molecule has 3 heterocycles. The fourth-order valence-electron chi connectivity index (χ4n) is 2.68. The summed E-state index contributed by atoms with van der Waals surface area (Å²) < 4.78 is 46.3. The second-order valence-electron chi connectivity index (χ2n) is 6.77. The number of hydrogen-bond acceptors (Lipinski definition) is 4. The van der Waals surface area contributed by atoms with Crippen LogP contribution in [0.2, 0.25) is 0 Å². The van der Waals surface area contributed by atoms with Crippen LogP contribution in [0.5, 0.6) is 0 Å². The summed E-state index contributed by atoms with van der Waals surface area (Å²) in [6, 6.07) is 0. The molecular weight excluding hydrogens is 339 g/mol. The Morgan fingerprint density at radius 2 is 2.00 bits per heavy atom. The first-order chi connectivity index (χ1) is 11.6. The highest BCUT2D eigenvalue weighted by Crippen LogP contribution is 2.35. The topological polar surface area (TPSA) is 76.0 Å². The number of rotatable bonds is 1. The van der Waals surface area contributed by atoms with Gasteiger partial charge in [0.25, 0.3) is 0 Å². The summed E-state index contributed by atoms with van der Waals surface area (Å²) in [5.74, 6) is -0.970. The van der Waals surface area contributed by atoms with Crippen LogP contribution < -0.4 is 0 Å². The SMILES string of the molecule is CC(C)(C)OC(=O)N1CCn2c(C(F)(F)F)nc(-c3cn[nH]c3)c2C1. The number of aromatic amines is 1. The Bertz CT molecular complexity index is 774. The van der Waals surface area contributed by atoms with E-state index >= 15 is 0 Å². The predicted molar refractivity (Wildman–Crippen MR) is 81.5 cm³/mol. The smallest absolute Gasteiger partial charge is 0.444 e. The molecule has 0 fully saturated rings. The van der Waals surface area contributed by atoms with Gasteiger partial charge in [-0.25, -0.2) is 9.78 Å². The average molecular weight is 357 g/mol. The number of H-pyrrole nitrogens is 1. The molecule has 3 rings (SSSR count). The summed E-state index contributed by atoms with van der Waals surface area (Å²) in [6.07, 6.45) is -2.28. The number of carbonyl (C=O) groups is 1. The van der Waals surface area contributed by atoms with Gasteiger partial charge in [-0.1, -0.05) is 0 Å². The molecule has 1 N–H and O–H groups in total. The molecule has 0 aromatic carbocycles. The molecule has 10 heteroatoms. The van der Waals surface area contributed by atoms with E-state index in [0.29, 0.717) is 11.3 Å². The van der Waals surface area contributed by atoms with Gasteiger partial charge in [0, 0.05) is 24.8 Å². The van der Waals surface area contributed by atoms with Crippen LogP contribution in [-0.4, -0.2) is 42.9 Å². The number of aromatic nitrogens is 4. The van der Waals surface area contributed by atoms with Crippen molar-refractivity contribution >= 4 is 6.09 Å². The van der Waals surface area contributed by atoms with E-state index in [1.165, 1.54) is 17.3 Å². The number of halogens is 3. The number of alkyl halides is 3. The molecule has 0 aliphatic carbocycles. The molecule has 0 saturated carbocycles. The van der Waals surface area contributed by atoms with Crippen molar-refractivity contribution in [3.8, 4) is 11.3 Å². The minimum Gasteiger partial charge on any atom is -0.444 e. The van der Waals surface area contributed by atoms with Crippen molar-refractivity contribution in [3.63, 3.8) is 0 Å². The van der Waals surface area contributed by atoms with E-state index < -0.39 is 23.7 Å². The first kappa shape index (κ1) is 17.3. The summed E-state index contributed by atoms with van der Waals surface area (Å²) in [6.45, 7) is 5.30. The molecule has 1 amide bonds. The number of imidazole rings is 1. The summed E-state index contributed by atoms with van der Waals surface area (Å²) in [5, 5.41) is 6.32. The van der Waals surface area contributed by atoms with Gasteiger partial charge in [-0.15, -0.1) is 0 Å². The monoisotopic (exact) mass is 357 g/mol. The van der Waals surface area contributed by atoms with Crippen molar-refractivity contribution < 1.29 is 22.7 Å². The minimum atomic E-state index is -4.58. The normalized spacial score (nSPS) is 15.2. The fourth-order valence-corrected chi connectivity index (χ4v) is 2.68. The molecular formula is C15H18F3N5O2. The zero-order chi connectivity index (χ0) is 18.4. The lowest BCUT2D eigenvalue weighted by molar-refractivity contribution is -0.147. The lowest BCUT2D eigenvalue weighted by Crippen LogP contribution is -2.42. The summed E-state index contributed by atoms with van der Waals surface area (Å²) in [5.41, 5.74) is 0.227. The standard InChI is InChI=1S/C15H18F3N5O2/c1-14(2,3)25-13(24)22-4-5-23-10(8-22)11(9-6-19-20-7-9)21-12(23)15(16,17)18/h6-7H,4-5,8H2,1-3H3,(H,19,20). The zero-order valence-electron chi connectivity index (χ0n) is 14.0. The Balaban J connectivity index is 1.98.